The molecule has 1 aromatic carbocycles. The maximum atomic E-state index is 12.8. The zero-order chi connectivity index (χ0) is 14.6. The van der Waals surface area contributed by atoms with Gasteiger partial charge in [-0.2, -0.15) is 13.2 Å². The molecule has 0 aromatic heterocycles. The predicted octanol–water partition coefficient (Wildman–Crippen LogP) is 2.13. The van der Waals surface area contributed by atoms with E-state index in [0.29, 0.717) is 6.54 Å². The second-order valence-corrected chi connectivity index (χ2v) is 3.66. The number of halogens is 3. The molecule has 0 aliphatic rings. The van der Waals surface area contributed by atoms with E-state index in [1.54, 1.807) is 6.92 Å². The summed E-state index contributed by atoms with van der Waals surface area (Å²) in [4.78, 5) is 11.2. The van der Waals surface area contributed by atoms with Crippen molar-refractivity contribution < 1.29 is 18.0 Å². The van der Waals surface area contributed by atoms with Gasteiger partial charge in [0.25, 0.3) is 0 Å². The number of nitrogens with two attached hydrogens (primary N) is 1. The number of nitrogen functional groups attached to an aromatic ring is 1. The minimum Gasteiger partial charge on any atom is -0.384 e. The number of amidine groups is 1. The highest BCUT2D eigenvalue weighted by molar-refractivity contribution is 5.97. The molecule has 0 aliphatic carbocycles. The van der Waals surface area contributed by atoms with Gasteiger partial charge in [-0.05, 0) is 25.1 Å². The van der Waals surface area contributed by atoms with Crippen LogP contribution in [0.2, 0.25) is 0 Å². The number of alkyl halides is 3. The van der Waals surface area contributed by atoms with E-state index in [4.69, 9.17) is 11.1 Å². The van der Waals surface area contributed by atoms with Gasteiger partial charge in [-0.3, -0.25) is 5.41 Å². The van der Waals surface area contributed by atoms with Crippen molar-refractivity contribution in [2.75, 3.05) is 11.9 Å². The fourth-order valence-corrected chi connectivity index (χ4v) is 1.43. The maximum absolute atomic E-state index is 12.8. The quantitative estimate of drug-likeness (QED) is 0.502. The second-order valence-electron chi connectivity index (χ2n) is 3.66. The molecule has 2 amide bonds. The van der Waals surface area contributed by atoms with Crippen LogP contribution in [-0.4, -0.2) is 18.4 Å². The van der Waals surface area contributed by atoms with Crippen molar-refractivity contribution in [3.8, 4) is 0 Å². The molecule has 104 valence electrons. The number of urea groups is 1. The number of hydrogen-bond acceptors (Lipinski definition) is 2. The lowest BCUT2D eigenvalue weighted by Crippen LogP contribution is -2.28. The van der Waals surface area contributed by atoms with Gasteiger partial charge in [0, 0.05) is 17.8 Å². The van der Waals surface area contributed by atoms with E-state index in [1.807, 2.05) is 0 Å². The summed E-state index contributed by atoms with van der Waals surface area (Å²) in [5.41, 5.74) is 3.59. The van der Waals surface area contributed by atoms with Crippen LogP contribution in [0.25, 0.3) is 0 Å². The summed E-state index contributed by atoms with van der Waals surface area (Å²) in [6.45, 7) is 2.03. The average molecular weight is 274 g/mol. The summed E-state index contributed by atoms with van der Waals surface area (Å²) in [6, 6.07) is 2.44. The fourth-order valence-electron chi connectivity index (χ4n) is 1.43. The zero-order valence-electron chi connectivity index (χ0n) is 10.1. The summed E-state index contributed by atoms with van der Waals surface area (Å²) in [6.07, 6.45) is -4.65. The van der Waals surface area contributed by atoms with Crippen LogP contribution in [0.15, 0.2) is 18.2 Å². The maximum Gasteiger partial charge on any atom is 0.417 e. The van der Waals surface area contributed by atoms with Gasteiger partial charge in [0.05, 0.1) is 5.56 Å². The second kappa shape index (κ2) is 5.59. The van der Waals surface area contributed by atoms with Crippen molar-refractivity contribution in [3.63, 3.8) is 0 Å². The van der Waals surface area contributed by atoms with E-state index in [-0.39, 0.29) is 5.69 Å². The molecule has 0 aliphatic heterocycles. The van der Waals surface area contributed by atoms with Crippen molar-refractivity contribution >= 4 is 17.6 Å². The van der Waals surface area contributed by atoms with Gasteiger partial charge in [-0.15, -0.1) is 0 Å². The number of rotatable bonds is 3. The average Bonchev–Trinajstić information content (AvgIpc) is 2.27. The first kappa shape index (κ1) is 14.8. The minimum absolute atomic E-state index is 0.0247. The Hall–Kier alpha value is -2.25. The number of benzene rings is 1. The summed E-state index contributed by atoms with van der Waals surface area (Å²) in [5.74, 6) is -0.683. The van der Waals surface area contributed by atoms with E-state index in [1.165, 1.54) is 6.07 Å². The van der Waals surface area contributed by atoms with Crippen LogP contribution in [0.5, 0.6) is 0 Å². The highest BCUT2D eigenvalue weighted by Gasteiger charge is 2.34. The number of amides is 2. The van der Waals surface area contributed by atoms with Crippen LogP contribution >= 0.6 is 0 Å². The van der Waals surface area contributed by atoms with Gasteiger partial charge in [0.2, 0.25) is 0 Å². The molecule has 0 bridgehead atoms. The molecule has 0 saturated carbocycles. The first-order valence-electron chi connectivity index (χ1n) is 5.36. The molecule has 5 N–H and O–H groups in total. The third-order valence-electron chi connectivity index (χ3n) is 2.21. The molecule has 0 fully saturated rings. The molecule has 0 spiro atoms. The van der Waals surface area contributed by atoms with E-state index >= 15 is 0 Å². The largest absolute Gasteiger partial charge is 0.417 e. The Balaban J connectivity index is 3.12. The molecular formula is C11H13F3N4O. The van der Waals surface area contributed by atoms with Crippen LogP contribution in [0.4, 0.5) is 23.7 Å². The number of hydrogen-bond donors (Lipinski definition) is 4. The van der Waals surface area contributed by atoms with E-state index in [0.717, 1.165) is 12.1 Å². The summed E-state index contributed by atoms with van der Waals surface area (Å²) in [7, 11) is 0. The first-order valence-corrected chi connectivity index (χ1v) is 5.36. The van der Waals surface area contributed by atoms with Gasteiger partial charge in [0.1, 0.15) is 5.84 Å². The fraction of sp³-hybridized carbons (Fsp3) is 0.273. The molecular weight excluding hydrogens is 261 g/mol. The van der Waals surface area contributed by atoms with Crippen molar-refractivity contribution in [2.45, 2.75) is 13.1 Å². The van der Waals surface area contributed by atoms with Crippen molar-refractivity contribution in [1.82, 2.24) is 5.32 Å². The number of anilines is 1. The Kier molecular flexibility index (Phi) is 4.36. The molecule has 1 aromatic rings. The Morgan fingerprint density at radius 2 is 2.05 bits per heavy atom. The Morgan fingerprint density at radius 3 is 2.53 bits per heavy atom. The molecule has 8 heteroatoms. The van der Waals surface area contributed by atoms with Crippen LogP contribution in [-0.2, 0) is 6.18 Å². The SMILES string of the molecule is CCNC(=O)Nc1ccc(C(=N)N)c(C(F)(F)F)c1. The molecule has 0 heterocycles. The number of carbonyl (C=O) groups is 1. The lowest BCUT2D eigenvalue weighted by Gasteiger charge is -2.14. The van der Waals surface area contributed by atoms with Crippen molar-refractivity contribution in [1.29, 1.82) is 5.41 Å². The molecule has 5 nitrogen and oxygen atoms in total. The summed E-state index contributed by atoms with van der Waals surface area (Å²) in [5, 5.41) is 11.8. The molecule has 1 rings (SSSR count). The van der Waals surface area contributed by atoms with Gasteiger partial charge in [-0.25, -0.2) is 4.79 Å². The zero-order valence-corrected chi connectivity index (χ0v) is 10.1. The third-order valence-corrected chi connectivity index (χ3v) is 2.21. The smallest absolute Gasteiger partial charge is 0.384 e. The van der Waals surface area contributed by atoms with Gasteiger partial charge in [0.15, 0.2) is 0 Å². The van der Waals surface area contributed by atoms with Gasteiger partial charge < -0.3 is 16.4 Å². The van der Waals surface area contributed by atoms with Crippen LogP contribution in [0.3, 0.4) is 0 Å². The standard InChI is InChI=1S/C11H13F3N4O/c1-2-17-10(19)18-6-3-4-7(9(15)16)8(5-6)11(12,13)14/h3-5H,2H2,1H3,(H3,15,16)(H2,17,18,19). The monoisotopic (exact) mass is 274 g/mol. The molecule has 0 radical (unpaired) electrons. The van der Waals surface area contributed by atoms with Gasteiger partial charge in [-0.1, -0.05) is 0 Å². The van der Waals surface area contributed by atoms with Crippen LogP contribution < -0.4 is 16.4 Å². The normalized spacial score (nSPS) is 10.9. The topological polar surface area (TPSA) is 91.0 Å². The number of nitrogens with one attached hydrogen (secondary N) is 3. The lowest BCUT2D eigenvalue weighted by atomic mass is 10.1. The summed E-state index contributed by atoms with van der Waals surface area (Å²) < 4.78 is 38.4. The molecule has 0 unspecified atom stereocenters. The van der Waals surface area contributed by atoms with E-state index in [2.05, 4.69) is 10.6 Å². The van der Waals surface area contributed by atoms with E-state index in [9.17, 15) is 18.0 Å². The Labute approximate surface area is 107 Å². The minimum atomic E-state index is -4.65. The molecule has 19 heavy (non-hydrogen) atoms. The summed E-state index contributed by atoms with van der Waals surface area (Å²) >= 11 is 0. The van der Waals surface area contributed by atoms with Crippen molar-refractivity contribution in [2.24, 2.45) is 5.73 Å². The number of carbonyl (C=O) groups excluding carboxylic acids is 1. The van der Waals surface area contributed by atoms with Crippen LogP contribution in [0, 0.1) is 5.41 Å². The lowest BCUT2D eigenvalue weighted by molar-refractivity contribution is -0.137. The van der Waals surface area contributed by atoms with E-state index < -0.39 is 29.2 Å². The molecule has 0 atom stereocenters. The Bertz CT molecular complexity index is 499. The van der Waals surface area contributed by atoms with Crippen molar-refractivity contribution in [3.05, 3.63) is 29.3 Å². The Morgan fingerprint density at radius 1 is 1.42 bits per heavy atom. The van der Waals surface area contributed by atoms with Crippen LogP contribution in [0.1, 0.15) is 18.1 Å². The highest BCUT2D eigenvalue weighted by Crippen LogP contribution is 2.33. The first-order chi connectivity index (χ1) is 8.75. The predicted molar refractivity (Wildman–Crippen MR) is 65.2 cm³/mol. The molecule has 0 saturated heterocycles. The third kappa shape index (κ3) is 3.87. The van der Waals surface area contributed by atoms with Gasteiger partial charge >= 0.3 is 12.2 Å². The highest BCUT2D eigenvalue weighted by atomic mass is 19.4.